The lowest BCUT2D eigenvalue weighted by Crippen LogP contribution is -2.38. The average Bonchev–Trinajstić information content (AvgIpc) is 3.37. The first-order chi connectivity index (χ1) is 15.2. The molecule has 1 aromatic carbocycles. The number of alkyl halides is 2. The minimum Gasteiger partial charge on any atom is -0.507 e. The second-order valence-electron chi connectivity index (χ2n) is 8.89. The van der Waals surface area contributed by atoms with Crippen molar-refractivity contribution in [3.63, 3.8) is 0 Å². The third kappa shape index (κ3) is 3.24. The summed E-state index contributed by atoms with van der Waals surface area (Å²) < 4.78 is 31.4. The number of fused-ring (bicyclic) bond motifs is 2. The Labute approximate surface area is 186 Å². The maximum absolute atomic E-state index is 15.2. The highest BCUT2D eigenvalue weighted by Crippen LogP contribution is 2.68. The number of halogens is 2. The van der Waals surface area contributed by atoms with E-state index < -0.39 is 28.9 Å². The van der Waals surface area contributed by atoms with E-state index in [0.717, 1.165) is 5.69 Å². The lowest BCUT2D eigenvalue weighted by Gasteiger charge is -2.44. The van der Waals surface area contributed by atoms with Crippen LogP contribution >= 0.6 is 0 Å². The fraction of sp³-hybridized carbons (Fsp3) is 0.364. The van der Waals surface area contributed by atoms with Gasteiger partial charge in [-0.15, -0.1) is 10.2 Å². The van der Waals surface area contributed by atoms with E-state index in [2.05, 4.69) is 26.7 Å². The van der Waals surface area contributed by atoms with Crippen LogP contribution in [0.4, 0.5) is 8.78 Å². The number of phenolic OH excluding ortho intramolecular Hbond substituents is 1. The number of aromatic hydroxyl groups is 1. The molecule has 0 spiro atoms. The standard InChI is InChI=1S/C22H19B2F2N5O/c1-12(15-7-21(23)10-22(24,19(15)26)8-18(21)25)16-9-28-20(30-29-16)14-3-2-13(6-17(14)32)31-5-4-27-11-31/h2-6,9,11,15,18-19,32H,1,7-8,10H2/t15-,18+,19-,21-,22-/m0/s1. The van der Waals surface area contributed by atoms with Crippen LogP contribution in [0.25, 0.3) is 22.6 Å². The van der Waals surface area contributed by atoms with Crippen LogP contribution in [0.5, 0.6) is 5.75 Å². The monoisotopic (exact) mass is 429 g/mol. The summed E-state index contributed by atoms with van der Waals surface area (Å²) in [5, 5.41) is 16.2. The van der Waals surface area contributed by atoms with Gasteiger partial charge in [0, 0.05) is 24.4 Å². The Morgan fingerprint density at radius 2 is 2.00 bits per heavy atom. The van der Waals surface area contributed by atoms with Gasteiger partial charge in [0.15, 0.2) is 5.82 Å². The largest absolute Gasteiger partial charge is 0.507 e. The minimum atomic E-state index is -1.49. The highest BCUT2D eigenvalue weighted by Gasteiger charge is 2.60. The Kier molecular flexibility index (Phi) is 4.72. The molecular formula is C22H19B2F2N5O. The molecule has 1 N–H and O–H groups in total. The normalized spacial score (nSPS) is 31.5. The molecule has 2 aliphatic carbocycles. The Morgan fingerprint density at radius 3 is 2.66 bits per heavy atom. The number of benzene rings is 1. The third-order valence-corrected chi connectivity index (χ3v) is 6.71. The molecule has 0 aliphatic heterocycles. The van der Waals surface area contributed by atoms with Crippen molar-refractivity contribution in [2.45, 2.75) is 42.2 Å². The summed E-state index contributed by atoms with van der Waals surface area (Å²) >= 11 is 0. The second kappa shape index (κ2) is 7.25. The maximum atomic E-state index is 15.2. The smallest absolute Gasteiger partial charge is 0.185 e. The van der Waals surface area contributed by atoms with E-state index in [1.54, 1.807) is 41.5 Å². The van der Waals surface area contributed by atoms with Crippen molar-refractivity contribution < 1.29 is 13.9 Å². The van der Waals surface area contributed by atoms with Crippen molar-refractivity contribution in [3.8, 4) is 22.8 Å². The Balaban J connectivity index is 1.39. The summed E-state index contributed by atoms with van der Waals surface area (Å²) in [6, 6.07) is 5.02. The number of aromatic nitrogens is 5. The van der Waals surface area contributed by atoms with Crippen molar-refractivity contribution in [1.29, 1.82) is 0 Å². The summed E-state index contributed by atoms with van der Waals surface area (Å²) in [5.41, 5.74) is 1.72. The molecule has 6 nitrogen and oxygen atoms in total. The van der Waals surface area contributed by atoms with Gasteiger partial charge in [-0.25, -0.2) is 18.7 Å². The number of nitrogens with zero attached hydrogens (tertiary/aromatic N) is 5. The Morgan fingerprint density at radius 1 is 1.19 bits per heavy atom. The molecular weight excluding hydrogens is 410 g/mol. The quantitative estimate of drug-likeness (QED) is 0.642. The van der Waals surface area contributed by atoms with Gasteiger partial charge in [-0.1, -0.05) is 13.0 Å². The van der Waals surface area contributed by atoms with Crippen LogP contribution in [-0.4, -0.2) is 57.9 Å². The number of hydrogen-bond acceptors (Lipinski definition) is 5. The highest BCUT2D eigenvalue weighted by molar-refractivity contribution is 6.21. The van der Waals surface area contributed by atoms with Gasteiger partial charge in [0.1, 0.15) is 17.6 Å². The van der Waals surface area contributed by atoms with E-state index in [1.807, 2.05) is 0 Å². The van der Waals surface area contributed by atoms with Gasteiger partial charge in [0.2, 0.25) is 0 Å². The fourth-order valence-electron chi connectivity index (χ4n) is 4.97. The van der Waals surface area contributed by atoms with Gasteiger partial charge in [-0.2, -0.15) is 0 Å². The first-order valence-corrected chi connectivity index (χ1v) is 10.3. The van der Waals surface area contributed by atoms with Gasteiger partial charge in [0.25, 0.3) is 0 Å². The molecule has 4 radical (unpaired) electrons. The summed E-state index contributed by atoms with van der Waals surface area (Å²) in [7, 11) is 12.4. The molecule has 0 unspecified atom stereocenters. The molecule has 0 amide bonds. The van der Waals surface area contributed by atoms with E-state index in [0.29, 0.717) is 11.1 Å². The fourth-order valence-corrected chi connectivity index (χ4v) is 4.97. The molecule has 3 aromatic rings. The molecule has 0 saturated heterocycles. The van der Waals surface area contributed by atoms with E-state index in [9.17, 15) is 9.50 Å². The second-order valence-corrected chi connectivity index (χ2v) is 8.89. The molecule has 32 heavy (non-hydrogen) atoms. The van der Waals surface area contributed by atoms with E-state index >= 15 is 4.39 Å². The van der Waals surface area contributed by atoms with Crippen LogP contribution in [0.15, 0.2) is 49.7 Å². The van der Waals surface area contributed by atoms with Gasteiger partial charge in [-0.05, 0) is 41.2 Å². The van der Waals surface area contributed by atoms with Crippen LogP contribution in [0.1, 0.15) is 25.0 Å². The van der Waals surface area contributed by atoms with Gasteiger partial charge < -0.3 is 9.67 Å². The van der Waals surface area contributed by atoms with E-state index in [4.69, 9.17) is 15.7 Å². The first-order valence-electron chi connectivity index (χ1n) is 10.3. The predicted molar refractivity (Wildman–Crippen MR) is 117 cm³/mol. The van der Waals surface area contributed by atoms with E-state index in [-0.39, 0.29) is 36.5 Å². The highest BCUT2D eigenvalue weighted by atomic mass is 19.1. The average molecular weight is 429 g/mol. The zero-order chi connectivity index (χ0) is 22.7. The summed E-state index contributed by atoms with van der Waals surface area (Å²) in [6.07, 6.45) is 3.65. The van der Waals surface area contributed by atoms with Crippen molar-refractivity contribution in [2.24, 2.45) is 5.92 Å². The molecule has 2 aromatic heterocycles. The minimum absolute atomic E-state index is 0.0265. The molecule has 2 saturated carbocycles. The molecule has 2 heterocycles. The number of rotatable bonds is 4. The zero-order valence-corrected chi connectivity index (χ0v) is 17.2. The number of phenols is 1. The predicted octanol–water partition coefficient (Wildman–Crippen LogP) is 3.59. The Hall–Kier alpha value is -3.03. The third-order valence-electron chi connectivity index (χ3n) is 6.71. The van der Waals surface area contributed by atoms with Crippen LogP contribution in [-0.2, 0) is 0 Å². The summed E-state index contributed by atoms with van der Waals surface area (Å²) in [5.74, 6) is -0.600. The molecule has 5 rings (SSSR count). The molecule has 158 valence electrons. The molecule has 2 bridgehead atoms. The van der Waals surface area contributed by atoms with Crippen LogP contribution in [0.2, 0.25) is 10.6 Å². The molecule has 2 aliphatic rings. The zero-order valence-electron chi connectivity index (χ0n) is 17.2. The maximum Gasteiger partial charge on any atom is 0.185 e. The lowest BCUT2D eigenvalue weighted by atomic mass is 9.49. The van der Waals surface area contributed by atoms with Crippen molar-refractivity contribution in [3.05, 3.63) is 55.4 Å². The Bertz CT molecular complexity index is 1180. The molecule has 2 fully saturated rings. The molecule has 5 atom stereocenters. The SMILES string of the molecule is [B][C@]12C[C@@H](C(=C)c3cnc(-c4ccc(-n5ccnc5)cc4O)nn3)[C@H](F)[C@]([B])(C[C@H]1F)C2. The van der Waals surface area contributed by atoms with Crippen molar-refractivity contribution in [2.75, 3.05) is 0 Å². The van der Waals surface area contributed by atoms with Crippen LogP contribution < -0.4 is 0 Å². The van der Waals surface area contributed by atoms with Crippen molar-refractivity contribution in [1.82, 2.24) is 24.7 Å². The summed E-state index contributed by atoms with van der Waals surface area (Å²) in [6.45, 7) is 3.97. The van der Waals surface area contributed by atoms with Crippen molar-refractivity contribution >= 4 is 21.3 Å². The van der Waals surface area contributed by atoms with E-state index in [1.165, 1.54) is 6.20 Å². The van der Waals surface area contributed by atoms with Crippen LogP contribution in [0, 0.1) is 5.92 Å². The number of allylic oxidation sites excluding steroid dienone is 1. The first kappa shape index (κ1) is 20.8. The lowest BCUT2D eigenvalue weighted by molar-refractivity contribution is 0.148. The molecule has 10 heteroatoms. The number of hydrogen-bond donors (Lipinski definition) is 1. The number of imidazole rings is 1. The summed E-state index contributed by atoms with van der Waals surface area (Å²) in [4.78, 5) is 8.25. The van der Waals surface area contributed by atoms with Crippen LogP contribution in [0.3, 0.4) is 0 Å². The van der Waals surface area contributed by atoms with Gasteiger partial charge >= 0.3 is 0 Å². The topological polar surface area (TPSA) is 76.7 Å². The van der Waals surface area contributed by atoms with Gasteiger partial charge in [0.05, 0.1) is 45.6 Å². The van der Waals surface area contributed by atoms with Gasteiger partial charge in [-0.3, -0.25) is 0 Å².